The lowest BCUT2D eigenvalue weighted by molar-refractivity contribution is 1.61. The van der Waals surface area contributed by atoms with Crippen molar-refractivity contribution >= 4 is 43.0 Å². The molecular formula is C46H30S. The van der Waals surface area contributed by atoms with Crippen molar-refractivity contribution in [2.24, 2.45) is 0 Å². The van der Waals surface area contributed by atoms with Gasteiger partial charge in [-0.25, -0.2) is 0 Å². The second-order valence-electron chi connectivity index (χ2n) is 12.0. The maximum absolute atomic E-state index is 2.37. The molecule has 0 aliphatic heterocycles. The minimum absolute atomic E-state index is 1.23. The average Bonchev–Trinajstić information content (AvgIpc) is 3.56. The Kier molecular flexibility index (Phi) is 6.77. The first-order chi connectivity index (χ1) is 23.3. The molecule has 0 saturated heterocycles. The van der Waals surface area contributed by atoms with Gasteiger partial charge in [-0.3, -0.25) is 0 Å². The van der Waals surface area contributed by atoms with Gasteiger partial charge >= 0.3 is 0 Å². The number of fused-ring (bicyclic) bond motifs is 4. The van der Waals surface area contributed by atoms with Crippen LogP contribution in [0.3, 0.4) is 0 Å². The first-order valence-corrected chi connectivity index (χ1v) is 16.9. The van der Waals surface area contributed by atoms with E-state index < -0.39 is 0 Å². The largest absolute Gasteiger partial charge is 0.134 e. The third kappa shape index (κ3) is 4.76. The molecule has 47 heavy (non-hydrogen) atoms. The van der Waals surface area contributed by atoms with Crippen LogP contribution in [0, 0.1) is 0 Å². The molecule has 0 spiro atoms. The van der Waals surface area contributed by atoms with Gasteiger partial charge in [0.1, 0.15) is 0 Å². The summed E-state index contributed by atoms with van der Waals surface area (Å²) >= 11 is 1.92. The van der Waals surface area contributed by atoms with Crippen LogP contribution in [0.1, 0.15) is 0 Å². The summed E-state index contributed by atoms with van der Waals surface area (Å²) in [7, 11) is 0. The van der Waals surface area contributed by atoms with Gasteiger partial charge in [-0.1, -0.05) is 176 Å². The Morgan fingerprint density at radius 2 is 0.787 bits per heavy atom. The Hall–Kier alpha value is -5.76. The van der Waals surface area contributed by atoms with E-state index in [4.69, 9.17) is 0 Å². The van der Waals surface area contributed by atoms with Crippen molar-refractivity contribution < 1.29 is 0 Å². The quantitative estimate of drug-likeness (QED) is 0.181. The summed E-state index contributed by atoms with van der Waals surface area (Å²) in [6.45, 7) is 0. The summed E-state index contributed by atoms with van der Waals surface area (Å²) in [4.78, 5) is 1.30. The van der Waals surface area contributed by atoms with Crippen LogP contribution in [0.2, 0.25) is 0 Å². The zero-order valence-corrected chi connectivity index (χ0v) is 26.5. The van der Waals surface area contributed by atoms with Gasteiger partial charge in [0, 0.05) is 26.1 Å². The molecule has 0 fully saturated rings. The predicted molar refractivity (Wildman–Crippen MR) is 204 cm³/mol. The van der Waals surface area contributed by atoms with E-state index >= 15 is 0 Å². The maximum atomic E-state index is 2.37. The fourth-order valence-corrected chi connectivity index (χ4v) is 8.50. The van der Waals surface area contributed by atoms with Crippen LogP contribution < -0.4 is 0 Å². The van der Waals surface area contributed by atoms with E-state index in [1.165, 1.54) is 86.6 Å². The molecule has 0 nitrogen and oxygen atoms in total. The number of hydrogen-bond acceptors (Lipinski definition) is 1. The molecule has 220 valence electrons. The van der Waals surface area contributed by atoms with Crippen molar-refractivity contribution in [3.63, 3.8) is 0 Å². The van der Waals surface area contributed by atoms with Crippen LogP contribution in [0.5, 0.6) is 0 Å². The standard InChI is InChI=1S/C46H30S/c1-4-14-31(15-5-1)33-24-27-36(28-25-33)45-43(35-19-8-3-9-20-35)44-40-23-13-12-22-39(40)41(38-29-26-32-16-10-11-21-37(32)30-38)42(46(44)47-45)34-17-6-2-7-18-34/h1-30H. The molecule has 0 atom stereocenters. The molecule has 0 N–H and O–H groups in total. The summed E-state index contributed by atoms with van der Waals surface area (Å²) in [5.41, 5.74) is 11.3. The topological polar surface area (TPSA) is 0 Å². The Labute approximate surface area is 278 Å². The minimum Gasteiger partial charge on any atom is -0.134 e. The van der Waals surface area contributed by atoms with Crippen molar-refractivity contribution in [1.82, 2.24) is 0 Å². The lowest BCUT2D eigenvalue weighted by Crippen LogP contribution is -1.91. The second kappa shape index (κ2) is 11.6. The third-order valence-electron chi connectivity index (χ3n) is 9.27. The molecule has 8 aromatic carbocycles. The molecule has 0 bridgehead atoms. The third-order valence-corrected chi connectivity index (χ3v) is 10.5. The molecule has 0 unspecified atom stereocenters. The molecule has 9 rings (SSSR count). The summed E-state index contributed by atoms with van der Waals surface area (Å²) in [6.07, 6.45) is 0. The summed E-state index contributed by atoms with van der Waals surface area (Å²) < 4.78 is 1.32. The highest BCUT2D eigenvalue weighted by molar-refractivity contribution is 7.24. The van der Waals surface area contributed by atoms with Gasteiger partial charge in [0.15, 0.2) is 0 Å². The van der Waals surface area contributed by atoms with Gasteiger partial charge < -0.3 is 0 Å². The highest BCUT2D eigenvalue weighted by Gasteiger charge is 2.25. The molecule has 9 aromatic rings. The van der Waals surface area contributed by atoms with E-state index in [0.717, 1.165) is 0 Å². The van der Waals surface area contributed by atoms with Gasteiger partial charge in [-0.15, -0.1) is 11.3 Å². The summed E-state index contributed by atoms with van der Waals surface area (Å²) in [5.74, 6) is 0. The highest BCUT2D eigenvalue weighted by atomic mass is 32.1. The number of rotatable bonds is 5. The van der Waals surface area contributed by atoms with Crippen LogP contribution in [-0.2, 0) is 0 Å². The van der Waals surface area contributed by atoms with Crippen LogP contribution in [0.15, 0.2) is 182 Å². The molecule has 1 heterocycles. The zero-order valence-electron chi connectivity index (χ0n) is 25.7. The minimum atomic E-state index is 1.23. The Balaban J connectivity index is 1.41. The van der Waals surface area contributed by atoms with E-state index in [9.17, 15) is 0 Å². The molecule has 0 aliphatic rings. The number of thiophene rings is 1. The van der Waals surface area contributed by atoms with Gasteiger partial charge in [-0.05, 0) is 66.6 Å². The Bertz CT molecular complexity index is 2520. The lowest BCUT2D eigenvalue weighted by atomic mass is 9.85. The number of hydrogen-bond donors (Lipinski definition) is 0. The zero-order chi connectivity index (χ0) is 31.2. The van der Waals surface area contributed by atoms with E-state index in [0.29, 0.717) is 0 Å². The molecule has 1 heteroatoms. The maximum Gasteiger partial charge on any atom is 0.0446 e. The van der Waals surface area contributed by atoms with Crippen molar-refractivity contribution in [1.29, 1.82) is 0 Å². The highest BCUT2D eigenvalue weighted by Crippen LogP contribution is 2.54. The van der Waals surface area contributed by atoms with Gasteiger partial charge in [0.2, 0.25) is 0 Å². The smallest absolute Gasteiger partial charge is 0.0446 e. The van der Waals surface area contributed by atoms with Crippen molar-refractivity contribution in [2.75, 3.05) is 0 Å². The van der Waals surface area contributed by atoms with Crippen molar-refractivity contribution in [3.05, 3.63) is 182 Å². The van der Waals surface area contributed by atoms with E-state index in [-0.39, 0.29) is 0 Å². The second-order valence-corrected chi connectivity index (χ2v) is 13.1. The fraction of sp³-hybridized carbons (Fsp3) is 0. The Morgan fingerprint density at radius 3 is 1.47 bits per heavy atom. The van der Waals surface area contributed by atoms with Crippen molar-refractivity contribution in [3.8, 4) is 54.9 Å². The van der Waals surface area contributed by atoms with Crippen LogP contribution in [0.25, 0.3) is 86.6 Å². The SMILES string of the molecule is c1ccc(-c2ccc(-c3sc4c(-c5ccccc5)c(-c5ccc6ccccc6c5)c5ccccc5c4c3-c3ccccc3)cc2)cc1. The van der Waals surface area contributed by atoms with E-state index in [1.807, 2.05) is 11.3 Å². The van der Waals surface area contributed by atoms with Crippen LogP contribution in [-0.4, -0.2) is 0 Å². The molecule has 1 aromatic heterocycles. The van der Waals surface area contributed by atoms with Gasteiger partial charge in [0.05, 0.1) is 0 Å². The molecule has 0 amide bonds. The van der Waals surface area contributed by atoms with E-state index in [2.05, 4.69) is 182 Å². The van der Waals surface area contributed by atoms with Crippen LogP contribution >= 0.6 is 11.3 Å². The Morgan fingerprint density at radius 1 is 0.298 bits per heavy atom. The first-order valence-electron chi connectivity index (χ1n) is 16.1. The monoisotopic (exact) mass is 614 g/mol. The van der Waals surface area contributed by atoms with E-state index in [1.54, 1.807) is 0 Å². The normalized spacial score (nSPS) is 11.4. The first kappa shape index (κ1) is 27.5. The summed E-state index contributed by atoms with van der Waals surface area (Å²) in [6, 6.07) is 66.3. The number of benzene rings is 8. The molecular weight excluding hydrogens is 585 g/mol. The summed E-state index contributed by atoms with van der Waals surface area (Å²) in [5, 5.41) is 6.39. The van der Waals surface area contributed by atoms with Gasteiger partial charge in [-0.2, -0.15) is 0 Å². The fourth-order valence-electron chi connectivity index (χ4n) is 7.08. The molecule has 0 saturated carbocycles. The average molecular weight is 615 g/mol. The lowest BCUT2D eigenvalue weighted by Gasteiger charge is -2.18. The van der Waals surface area contributed by atoms with Crippen LogP contribution in [0.4, 0.5) is 0 Å². The van der Waals surface area contributed by atoms with Gasteiger partial charge in [0.25, 0.3) is 0 Å². The van der Waals surface area contributed by atoms with Crippen molar-refractivity contribution in [2.45, 2.75) is 0 Å². The molecule has 0 aliphatic carbocycles. The molecule has 0 radical (unpaired) electrons. The predicted octanol–water partition coefficient (Wildman–Crippen LogP) is 13.5.